The summed E-state index contributed by atoms with van der Waals surface area (Å²) >= 11 is 1.87. The Hall–Kier alpha value is -5.64. The van der Waals surface area contributed by atoms with Gasteiger partial charge < -0.3 is 9.13 Å². The van der Waals surface area contributed by atoms with E-state index in [4.69, 9.17) is 0 Å². The number of benzene rings is 5. The quantitative estimate of drug-likeness (QED) is 0.172. The van der Waals surface area contributed by atoms with E-state index in [2.05, 4.69) is 192 Å². The Morgan fingerprint density at radius 2 is 1.10 bits per heavy atom. The highest BCUT2D eigenvalue weighted by Gasteiger charge is 2.30. The lowest BCUT2D eigenvalue weighted by atomic mass is 9.78. The number of para-hydroxylation sites is 4. The van der Waals surface area contributed by atoms with E-state index < -0.39 is 0 Å². The normalized spacial score (nSPS) is 16.1. The smallest absolute Gasteiger partial charge is 0.0540 e. The Kier molecular flexibility index (Phi) is 6.88. The lowest BCUT2D eigenvalue weighted by Crippen LogP contribution is -2.23. The average Bonchev–Trinajstić information content (AvgIpc) is 3.89. The van der Waals surface area contributed by atoms with Gasteiger partial charge in [-0.1, -0.05) is 122 Å². The van der Waals surface area contributed by atoms with Gasteiger partial charge in [-0.2, -0.15) is 0 Å². The molecule has 5 aromatic carbocycles. The van der Waals surface area contributed by atoms with Gasteiger partial charge in [0.1, 0.15) is 0 Å². The van der Waals surface area contributed by atoms with Crippen LogP contribution < -0.4 is 0 Å². The van der Waals surface area contributed by atoms with Crippen molar-refractivity contribution in [3.8, 4) is 33.1 Å². The summed E-state index contributed by atoms with van der Waals surface area (Å²) in [6, 6.07) is 57.0. The number of allylic oxidation sites excluding steroid dienone is 4. The van der Waals surface area contributed by atoms with Crippen LogP contribution in [0.15, 0.2) is 176 Å². The summed E-state index contributed by atoms with van der Waals surface area (Å²) in [5.41, 5.74) is 11.0. The molecule has 0 N–H and O–H groups in total. The number of nitrogens with zero attached hydrogens (tertiary/aromatic N) is 2. The van der Waals surface area contributed by atoms with Gasteiger partial charge >= 0.3 is 0 Å². The second-order valence-electron chi connectivity index (χ2n) is 12.9. The highest BCUT2D eigenvalue weighted by atomic mass is 32.1. The van der Waals surface area contributed by atoms with Crippen molar-refractivity contribution in [1.82, 2.24) is 9.13 Å². The maximum absolute atomic E-state index is 2.44. The minimum atomic E-state index is -0.115. The average molecular weight is 635 g/mol. The lowest BCUT2D eigenvalue weighted by molar-refractivity contribution is 0.571. The molecule has 1 aliphatic rings. The largest absolute Gasteiger partial charge is 0.313 e. The van der Waals surface area contributed by atoms with E-state index in [-0.39, 0.29) is 5.41 Å². The molecule has 1 atom stereocenters. The number of thiophene rings is 1. The molecule has 9 rings (SSSR count). The molecule has 3 aromatic heterocycles. The predicted molar refractivity (Wildman–Crippen MR) is 204 cm³/mol. The minimum absolute atomic E-state index is 0.115. The zero-order chi connectivity index (χ0) is 32.1. The van der Waals surface area contributed by atoms with Gasteiger partial charge in [0.05, 0.1) is 16.7 Å². The fourth-order valence-corrected chi connectivity index (χ4v) is 8.24. The van der Waals surface area contributed by atoms with Gasteiger partial charge in [-0.05, 0) is 83.8 Å². The summed E-state index contributed by atoms with van der Waals surface area (Å²) in [5.74, 6) is 0. The van der Waals surface area contributed by atoms with Gasteiger partial charge in [0.2, 0.25) is 0 Å². The summed E-state index contributed by atoms with van der Waals surface area (Å²) < 4.78 is 4.80. The Morgan fingerprint density at radius 3 is 1.77 bits per heavy atom. The van der Waals surface area contributed by atoms with Crippen molar-refractivity contribution in [1.29, 1.82) is 0 Å². The van der Waals surface area contributed by atoms with Crippen molar-refractivity contribution in [3.05, 3.63) is 187 Å². The number of hydrogen-bond donors (Lipinski definition) is 0. The molecule has 0 aliphatic heterocycles. The highest BCUT2D eigenvalue weighted by Crippen LogP contribution is 2.42. The number of rotatable bonds is 6. The first-order valence-corrected chi connectivity index (χ1v) is 17.4. The van der Waals surface area contributed by atoms with Crippen LogP contribution >= 0.6 is 11.3 Å². The predicted octanol–water partition coefficient (Wildman–Crippen LogP) is 12.3. The van der Waals surface area contributed by atoms with E-state index in [1.165, 1.54) is 71.0 Å². The molecule has 0 bridgehead atoms. The monoisotopic (exact) mass is 634 g/mol. The zero-order valence-corrected chi connectivity index (χ0v) is 27.6. The Balaban J connectivity index is 0.998. The van der Waals surface area contributed by atoms with E-state index in [0.717, 1.165) is 6.42 Å². The first-order valence-electron chi connectivity index (χ1n) is 16.6. The van der Waals surface area contributed by atoms with Crippen molar-refractivity contribution >= 4 is 38.7 Å². The summed E-state index contributed by atoms with van der Waals surface area (Å²) in [6.45, 7) is 2.36. The SMILES string of the molecule is CC1(c2cc3ccccc3n2-c2ccccc2)C=CC(c2ccc(-c3ccc(-c4cc5ccccc5n4-c4ccccc4)cc3)s2)=CC1. The molecule has 1 unspecified atom stereocenters. The Labute approximate surface area is 285 Å². The Morgan fingerprint density at radius 1 is 0.542 bits per heavy atom. The molecule has 0 radical (unpaired) electrons. The molecular weight excluding hydrogens is 601 g/mol. The molecule has 0 saturated heterocycles. The van der Waals surface area contributed by atoms with Crippen molar-refractivity contribution in [2.45, 2.75) is 18.8 Å². The maximum atomic E-state index is 2.44. The van der Waals surface area contributed by atoms with Crippen LogP contribution in [0.3, 0.4) is 0 Å². The van der Waals surface area contributed by atoms with Gasteiger partial charge in [-0.3, -0.25) is 0 Å². The van der Waals surface area contributed by atoms with Gasteiger partial charge in [-0.15, -0.1) is 11.3 Å². The van der Waals surface area contributed by atoms with E-state index in [1.807, 2.05) is 11.3 Å². The van der Waals surface area contributed by atoms with Crippen LogP contribution in [0, 0.1) is 0 Å². The van der Waals surface area contributed by atoms with Crippen molar-refractivity contribution in [2.75, 3.05) is 0 Å². The molecule has 2 nitrogen and oxygen atoms in total. The van der Waals surface area contributed by atoms with Gasteiger partial charge in [0.25, 0.3) is 0 Å². The molecular formula is C45H34N2S. The third-order valence-corrected chi connectivity index (χ3v) is 11.0. The number of fused-ring (bicyclic) bond motifs is 2. The van der Waals surface area contributed by atoms with Crippen LogP contribution in [0.4, 0.5) is 0 Å². The topological polar surface area (TPSA) is 9.86 Å². The van der Waals surface area contributed by atoms with Gasteiger partial charge in [0.15, 0.2) is 0 Å². The fraction of sp³-hybridized carbons (Fsp3) is 0.0667. The molecule has 0 spiro atoms. The lowest BCUT2D eigenvalue weighted by Gasteiger charge is -2.30. The first kappa shape index (κ1) is 28.6. The van der Waals surface area contributed by atoms with Crippen molar-refractivity contribution in [3.63, 3.8) is 0 Å². The minimum Gasteiger partial charge on any atom is -0.313 e. The van der Waals surface area contributed by atoms with Crippen LogP contribution in [0.2, 0.25) is 0 Å². The standard InChI is InChI=1S/C45H34N2S/c1-45(44-31-36-13-9-11-19-40(36)47(44)38-16-6-3-7-17-38)28-26-34(27-29-45)43-25-24-42(48-43)33-22-20-32(21-23-33)41-30-35-12-8-10-18-39(35)46(41)37-14-4-2-5-15-37/h2-28,30-31H,29H2,1H3. The summed E-state index contributed by atoms with van der Waals surface area (Å²) in [4.78, 5) is 2.59. The Bertz CT molecular complexity index is 2470. The molecule has 230 valence electrons. The zero-order valence-electron chi connectivity index (χ0n) is 26.8. The molecule has 0 amide bonds. The van der Waals surface area contributed by atoms with Crippen molar-refractivity contribution in [2.24, 2.45) is 0 Å². The van der Waals surface area contributed by atoms with Crippen LogP contribution in [0.25, 0.3) is 60.5 Å². The molecule has 1 aliphatic carbocycles. The summed E-state index contributed by atoms with van der Waals surface area (Å²) in [7, 11) is 0. The molecule has 48 heavy (non-hydrogen) atoms. The summed E-state index contributed by atoms with van der Waals surface area (Å²) in [6.07, 6.45) is 8.11. The number of hydrogen-bond acceptors (Lipinski definition) is 1. The van der Waals surface area contributed by atoms with E-state index in [9.17, 15) is 0 Å². The van der Waals surface area contributed by atoms with E-state index in [1.54, 1.807) is 0 Å². The second kappa shape index (κ2) is 11.6. The first-order chi connectivity index (χ1) is 23.6. The van der Waals surface area contributed by atoms with Crippen molar-refractivity contribution < 1.29 is 0 Å². The molecule has 3 heteroatoms. The van der Waals surface area contributed by atoms with Gasteiger partial charge in [-0.25, -0.2) is 0 Å². The summed E-state index contributed by atoms with van der Waals surface area (Å²) in [5, 5.41) is 2.52. The van der Waals surface area contributed by atoms with E-state index >= 15 is 0 Å². The molecule has 8 aromatic rings. The third kappa shape index (κ3) is 4.87. The van der Waals surface area contributed by atoms with Crippen LogP contribution in [0.5, 0.6) is 0 Å². The maximum Gasteiger partial charge on any atom is 0.0540 e. The molecule has 3 heterocycles. The van der Waals surface area contributed by atoms with Crippen LogP contribution in [-0.2, 0) is 5.41 Å². The number of aromatic nitrogens is 2. The molecule has 0 fully saturated rings. The van der Waals surface area contributed by atoms with Gasteiger partial charge in [0, 0.05) is 43.0 Å². The second-order valence-corrected chi connectivity index (χ2v) is 14.0. The third-order valence-electron chi connectivity index (χ3n) is 9.77. The van der Waals surface area contributed by atoms with E-state index in [0.29, 0.717) is 0 Å². The highest BCUT2D eigenvalue weighted by molar-refractivity contribution is 7.16. The van der Waals surface area contributed by atoms with Crippen LogP contribution in [-0.4, -0.2) is 9.13 Å². The fourth-order valence-electron chi connectivity index (χ4n) is 7.21. The molecule has 0 saturated carbocycles. The van der Waals surface area contributed by atoms with Crippen LogP contribution in [0.1, 0.15) is 23.9 Å².